The van der Waals surface area contributed by atoms with Gasteiger partial charge in [0.2, 0.25) is 0 Å². The summed E-state index contributed by atoms with van der Waals surface area (Å²) in [6.45, 7) is 3.36. The van der Waals surface area contributed by atoms with Gasteiger partial charge in [0.1, 0.15) is 0 Å². The third kappa shape index (κ3) is 2.56. The largest absolute Gasteiger partial charge is 0.326 e. The quantitative estimate of drug-likeness (QED) is 0.912. The van der Waals surface area contributed by atoms with Crippen molar-refractivity contribution < 1.29 is 0 Å². The van der Waals surface area contributed by atoms with Crippen LogP contribution in [-0.4, -0.2) is 16.1 Å². The number of hydrogen-bond donors (Lipinski definition) is 1. The minimum atomic E-state index is 0.336. The third-order valence-corrected chi connectivity index (χ3v) is 4.06. The molecule has 1 N–H and O–H groups in total. The number of nitrogens with zero attached hydrogens (tertiary/aromatic N) is 2. The van der Waals surface area contributed by atoms with E-state index >= 15 is 0 Å². The molecule has 0 radical (unpaired) electrons. The second-order valence-electron chi connectivity index (χ2n) is 5.31. The lowest BCUT2D eigenvalue weighted by Crippen LogP contribution is -2.29. The molecule has 100 valence electrons. The number of aromatic nitrogens is 2. The van der Waals surface area contributed by atoms with Crippen molar-refractivity contribution in [2.45, 2.75) is 38.3 Å². The predicted molar refractivity (Wildman–Crippen MR) is 77.1 cm³/mol. The topological polar surface area (TPSA) is 29.9 Å². The summed E-state index contributed by atoms with van der Waals surface area (Å²) in [5, 5.41) is 3.61. The molecule has 0 saturated carbocycles. The van der Waals surface area contributed by atoms with Crippen LogP contribution in [0, 0.1) is 0 Å². The monoisotopic (exact) mass is 255 g/mol. The van der Waals surface area contributed by atoms with Gasteiger partial charge in [0.05, 0.1) is 18.1 Å². The first kappa shape index (κ1) is 12.4. The van der Waals surface area contributed by atoms with Crippen molar-refractivity contribution in [3.63, 3.8) is 0 Å². The second kappa shape index (κ2) is 5.57. The van der Waals surface area contributed by atoms with Gasteiger partial charge in [0, 0.05) is 12.2 Å². The van der Waals surface area contributed by atoms with Crippen molar-refractivity contribution in [3.05, 3.63) is 54.1 Å². The van der Waals surface area contributed by atoms with Crippen LogP contribution in [0.4, 0.5) is 0 Å². The Bertz CT molecular complexity index is 512. The van der Waals surface area contributed by atoms with Crippen LogP contribution < -0.4 is 5.32 Å². The fourth-order valence-electron chi connectivity index (χ4n) is 2.90. The molecule has 1 aliphatic heterocycles. The molecule has 1 aromatic carbocycles. The minimum Gasteiger partial charge on any atom is -0.326 e. The van der Waals surface area contributed by atoms with E-state index in [9.17, 15) is 0 Å². The SMILES string of the molecule is CC(c1ccccc1)n1cncc1C1CCCCN1. The van der Waals surface area contributed by atoms with Crippen LogP contribution in [0.2, 0.25) is 0 Å². The second-order valence-corrected chi connectivity index (χ2v) is 5.31. The van der Waals surface area contributed by atoms with E-state index in [0.29, 0.717) is 12.1 Å². The Balaban J connectivity index is 1.87. The van der Waals surface area contributed by atoms with Crippen LogP contribution in [0.15, 0.2) is 42.9 Å². The Morgan fingerprint density at radius 3 is 2.84 bits per heavy atom. The molecule has 2 aromatic rings. The molecule has 0 amide bonds. The number of rotatable bonds is 3. The summed E-state index contributed by atoms with van der Waals surface area (Å²) in [4.78, 5) is 4.37. The fraction of sp³-hybridized carbons (Fsp3) is 0.438. The highest BCUT2D eigenvalue weighted by Crippen LogP contribution is 2.27. The maximum Gasteiger partial charge on any atom is 0.0954 e. The summed E-state index contributed by atoms with van der Waals surface area (Å²) in [5.41, 5.74) is 2.65. The molecule has 2 atom stereocenters. The highest BCUT2D eigenvalue weighted by molar-refractivity contribution is 5.21. The van der Waals surface area contributed by atoms with Gasteiger partial charge in [-0.15, -0.1) is 0 Å². The standard InChI is InChI=1S/C16H21N3/c1-13(14-7-3-2-4-8-14)19-12-17-11-16(19)15-9-5-6-10-18-15/h2-4,7-8,11-13,15,18H,5-6,9-10H2,1H3. The zero-order valence-corrected chi connectivity index (χ0v) is 11.4. The summed E-state index contributed by atoms with van der Waals surface area (Å²) in [6.07, 6.45) is 7.79. The lowest BCUT2D eigenvalue weighted by molar-refractivity contribution is 0.389. The lowest BCUT2D eigenvalue weighted by Gasteiger charge is -2.26. The Morgan fingerprint density at radius 1 is 1.26 bits per heavy atom. The average molecular weight is 255 g/mol. The summed E-state index contributed by atoms with van der Waals surface area (Å²) in [5.74, 6) is 0. The van der Waals surface area contributed by atoms with Crippen LogP contribution in [0.1, 0.15) is 49.5 Å². The molecule has 0 bridgehead atoms. The first-order chi connectivity index (χ1) is 9.36. The van der Waals surface area contributed by atoms with Crippen LogP contribution >= 0.6 is 0 Å². The maximum atomic E-state index is 4.37. The number of imidazole rings is 1. The molecule has 1 saturated heterocycles. The third-order valence-electron chi connectivity index (χ3n) is 4.06. The molecular weight excluding hydrogens is 234 g/mol. The van der Waals surface area contributed by atoms with Crippen molar-refractivity contribution in [2.24, 2.45) is 0 Å². The van der Waals surface area contributed by atoms with E-state index in [-0.39, 0.29) is 0 Å². The molecule has 1 aromatic heterocycles. The van der Waals surface area contributed by atoms with E-state index in [1.165, 1.54) is 30.5 Å². The van der Waals surface area contributed by atoms with E-state index in [1.54, 1.807) is 0 Å². The van der Waals surface area contributed by atoms with Crippen LogP contribution in [0.5, 0.6) is 0 Å². The van der Waals surface area contributed by atoms with E-state index in [2.05, 4.69) is 52.1 Å². The summed E-state index contributed by atoms with van der Waals surface area (Å²) >= 11 is 0. The number of piperidine rings is 1. The number of nitrogens with one attached hydrogen (secondary N) is 1. The zero-order chi connectivity index (χ0) is 13.1. The molecule has 0 aliphatic carbocycles. The van der Waals surface area contributed by atoms with E-state index in [0.717, 1.165) is 6.54 Å². The normalized spacial score (nSPS) is 21.2. The zero-order valence-electron chi connectivity index (χ0n) is 11.4. The highest BCUT2D eigenvalue weighted by atomic mass is 15.1. The van der Waals surface area contributed by atoms with Gasteiger partial charge in [-0.3, -0.25) is 0 Å². The molecule has 3 rings (SSSR count). The molecule has 19 heavy (non-hydrogen) atoms. The van der Waals surface area contributed by atoms with Crippen LogP contribution in [0.3, 0.4) is 0 Å². The molecule has 0 spiro atoms. The van der Waals surface area contributed by atoms with Gasteiger partial charge in [-0.05, 0) is 31.9 Å². The minimum absolute atomic E-state index is 0.336. The van der Waals surface area contributed by atoms with Crippen molar-refractivity contribution >= 4 is 0 Å². The van der Waals surface area contributed by atoms with E-state index in [4.69, 9.17) is 0 Å². The summed E-state index contributed by atoms with van der Waals surface area (Å²) < 4.78 is 2.30. The van der Waals surface area contributed by atoms with Gasteiger partial charge in [-0.1, -0.05) is 36.8 Å². The molecular formula is C16H21N3. The van der Waals surface area contributed by atoms with Crippen molar-refractivity contribution in [1.29, 1.82) is 0 Å². The van der Waals surface area contributed by atoms with Gasteiger partial charge in [0.15, 0.2) is 0 Å². The van der Waals surface area contributed by atoms with E-state index in [1.807, 2.05) is 12.5 Å². The van der Waals surface area contributed by atoms with Crippen molar-refractivity contribution in [1.82, 2.24) is 14.9 Å². The first-order valence-corrected chi connectivity index (χ1v) is 7.16. The molecule has 2 heterocycles. The van der Waals surface area contributed by atoms with Gasteiger partial charge in [0.25, 0.3) is 0 Å². The highest BCUT2D eigenvalue weighted by Gasteiger charge is 2.20. The average Bonchev–Trinajstić information content (AvgIpc) is 2.98. The lowest BCUT2D eigenvalue weighted by atomic mass is 10.0. The molecule has 3 nitrogen and oxygen atoms in total. The Morgan fingerprint density at radius 2 is 2.11 bits per heavy atom. The number of hydrogen-bond acceptors (Lipinski definition) is 2. The first-order valence-electron chi connectivity index (χ1n) is 7.16. The maximum absolute atomic E-state index is 4.37. The van der Waals surface area contributed by atoms with Crippen molar-refractivity contribution in [2.75, 3.05) is 6.54 Å². The molecule has 3 heteroatoms. The Hall–Kier alpha value is -1.61. The van der Waals surface area contributed by atoms with Gasteiger partial charge in [-0.25, -0.2) is 4.98 Å². The number of benzene rings is 1. The Kier molecular flexibility index (Phi) is 3.65. The van der Waals surface area contributed by atoms with Crippen LogP contribution in [-0.2, 0) is 0 Å². The Labute approximate surface area is 114 Å². The van der Waals surface area contributed by atoms with Gasteiger partial charge in [-0.2, -0.15) is 0 Å². The fourth-order valence-corrected chi connectivity index (χ4v) is 2.90. The predicted octanol–water partition coefficient (Wildman–Crippen LogP) is 3.31. The van der Waals surface area contributed by atoms with Crippen LogP contribution in [0.25, 0.3) is 0 Å². The smallest absolute Gasteiger partial charge is 0.0954 e. The molecule has 1 aliphatic rings. The van der Waals surface area contributed by atoms with Gasteiger partial charge < -0.3 is 9.88 Å². The molecule has 2 unspecified atom stereocenters. The van der Waals surface area contributed by atoms with E-state index < -0.39 is 0 Å². The van der Waals surface area contributed by atoms with Crippen molar-refractivity contribution in [3.8, 4) is 0 Å². The molecule has 1 fully saturated rings. The summed E-state index contributed by atoms with van der Waals surface area (Å²) in [6, 6.07) is 11.4. The summed E-state index contributed by atoms with van der Waals surface area (Å²) in [7, 11) is 0. The van der Waals surface area contributed by atoms with Gasteiger partial charge >= 0.3 is 0 Å².